The Kier molecular flexibility index (Phi) is 5.72. The number of nitrogens with one attached hydrogen (secondary N) is 2. The molecule has 1 heterocycles. The Morgan fingerprint density at radius 1 is 1.07 bits per heavy atom. The highest BCUT2D eigenvalue weighted by atomic mass is 35.5. The zero-order valence-corrected chi connectivity index (χ0v) is 18.0. The molecule has 0 radical (unpaired) electrons. The smallest absolute Gasteiger partial charge is 0.258 e. The zero-order chi connectivity index (χ0) is 21.3. The molecule has 4 aromatic rings. The molecule has 30 heavy (non-hydrogen) atoms. The van der Waals surface area contributed by atoms with E-state index in [1.807, 2.05) is 49.4 Å². The number of oxazole rings is 1. The first-order valence-corrected chi connectivity index (χ1v) is 10.1. The number of fused-ring (bicyclic) bond motifs is 1. The van der Waals surface area contributed by atoms with E-state index >= 15 is 0 Å². The predicted molar refractivity (Wildman–Crippen MR) is 124 cm³/mol. The van der Waals surface area contributed by atoms with Crippen LogP contribution in [0.15, 0.2) is 65.1 Å². The average molecular weight is 456 g/mol. The van der Waals surface area contributed by atoms with Crippen molar-refractivity contribution in [2.45, 2.75) is 6.92 Å². The largest absolute Gasteiger partial charge is 0.436 e. The van der Waals surface area contributed by atoms with Gasteiger partial charge >= 0.3 is 0 Å². The van der Waals surface area contributed by atoms with E-state index in [1.54, 1.807) is 6.07 Å². The van der Waals surface area contributed by atoms with Gasteiger partial charge in [0.2, 0.25) is 5.89 Å². The topological polar surface area (TPSA) is 67.2 Å². The molecule has 0 aliphatic carbocycles. The molecule has 0 saturated carbocycles. The lowest BCUT2D eigenvalue weighted by Crippen LogP contribution is -2.34. The van der Waals surface area contributed by atoms with Crippen LogP contribution in [0, 0.1) is 6.92 Å². The van der Waals surface area contributed by atoms with Crippen molar-refractivity contribution in [3.05, 3.63) is 81.8 Å². The molecule has 5 nitrogen and oxygen atoms in total. The number of carbonyl (C=O) groups excluding carboxylic acids is 1. The van der Waals surface area contributed by atoms with Crippen LogP contribution in [0.1, 0.15) is 15.9 Å². The molecule has 4 rings (SSSR count). The number of halogens is 2. The summed E-state index contributed by atoms with van der Waals surface area (Å²) in [6.45, 7) is 2.00. The van der Waals surface area contributed by atoms with Gasteiger partial charge in [-0.05, 0) is 73.2 Å². The number of thiocarbonyl (C=S) groups is 1. The normalized spacial score (nSPS) is 10.8. The second-order valence-corrected chi connectivity index (χ2v) is 7.86. The van der Waals surface area contributed by atoms with Crippen molar-refractivity contribution in [1.29, 1.82) is 0 Å². The second-order valence-electron chi connectivity index (χ2n) is 6.60. The quantitative estimate of drug-likeness (QED) is 0.358. The monoisotopic (exact) mass is 455 g/mol. The molecule has 0 aliphatic rings. The lowest BCUT2D eigenvalue weighted by Gasteiger charge is -2.11. The molecule has 1 aromatic heterocycles. The SMILES string of the molecule is Cc1ccc2oc(-c3cccc(NC(=S)NC(=O)c4ccc(Cl)cc4Cl)c3)nc2c1. The minimum absolute atomic E-state index is 0.136. The standard InChI is InChI=1S/C22H15Cl2N3O2S/c1-12-5-8-19-18(9-12)26-21(29-19)13-3-2-4-15(10-13)25-22(30)27-20(28)16-7-6-14(23)11-17(16)24/h2-11H,1H3,(H2,25,27,28,30). The van der Waals surface area contributed by atoms with Gasteiger partial charge in [-0.25, -0.2) is 4.98 Å². The summed E-state index contributed by atoms with van der Waals surface area (Å²) in [6.07, 6.45) is 0. The lowest BCUT2D eigenvalue weighted by molar-refractivity contribution is 0.0978. The van der Waals surface area contributed by atoms with E-state index in [0.29, 0.717) is 16.6 Å². The van der Waals surface area contributed by atoms with Crippen LogP contribution in [0.5, 0.6) is 0 Å². The van der Waals surface area contributed by atoms with Gasteiger partial charge in [0, 0.05) is 16.3 Å². The van der Waals surface area contributed by atoms with Crippen LogP contribution in [-0.4, -0.2) is 16.0 Å². The maximum absolute atomic E-state index is 12.4. The third kappa shape index (κ3) is 4.46. The van der Waals surface area contributed by atoms with Crippen molar-refractivity contribution in [3.63, 3.8) is 0 Å². The molecular formula is C22H15Cl2N3O2S. The van der Waals surface area contributed by atoms with Crippen molar-refractivity contribution >= 4 is 63.2 Å². The molecule has 0 aliphatic heterocycles. The molecule has 0 bridgehead atoms. The van der Waals surface area contributed by atoms with Crippen molar-refractivity contribution < 1.29 is 9.21 Å². The van der Waals surface area contributed by atoms with Gasteiger partial charge in [0.05, 0.1) is 10.6 Å². The fourth-order valence-corrected chi connectivity index (χ4v) is 3.60. The highest BCUT2D eigenvalue weighted by Gasteiger charge is 2.13. The first-order chi connectivity index (χ1) is 14.4. The maximum atomic E-state index is 12.4. The molecule has 2 N–H and O–H groups in total. The van der Waals surface area contributed by atoms with Crippen LogP contribution in [0.3, 0.4) is 0 Å². The van der Waals surface area contributed by atoms with Crippen LogP contribution >= 0.6 is 35.4 Å². The summed E-state index contributed by atoms with van der Waals surface area (Å²) in [5, 5.41) is 6.42. The van der Waals surface area contributed by atoms with Gasteiger partial charge in [-0.2, -0.15) is 0 Å². The number of aromatic nitrogens is 1. The van der Waals surface area contributed by atoms with Gasteiger partial charge in [-0.15, -0.1) is 0 Å². The van der Waals surface area contributed by atoms with Gasteiger partial charge in [-0.3, -0.25) is 10.1 Å². The number of hydrogen-bond acceptors (Lipinski definition) is 4. The van der Waals surface area contributed by atoms with E-state index in [-0.39, 0.29) is 15.7 Å². The van der Waals surface area contributed by atoms with Gasteiger partial charge in [-0.1, -0.05) is 35.3 Å². The van der Waals surface area contributed by atoms with Gasteiger partial charge in [0.25, 0.3) is 5.91 Å². The predicted octanol–water partition coefficient (Wildman–Crippen LogP) is 6.24. The van der Waals surface area contributed by atoms with Crippen molar-refractivity contribution in [2.24, 2.45) is 0 Å². The number of hydrogen-bond donors (Lipinski definition) is 2. The highest BCUT2D eigenvalue weighted by Crippen LogP contribution is 2.27. The summed E-state index contributed by atoms with van der Waals surface area (Å²) in [6, 6.07) is 17.9. The van der Waals surface area contributed by atoms with E-state index in [1.165, 1.54) is 12.1 Å². The Labute approximate surface area is 188 Å². The Bertz CT molecular complexity index is 1290. The van der Waals surface area contributed by atoms with E-state index in [2.05, 4.69) is 15.6 Å². The van der Waals surface area contributed by atoms with E-state index in [4.69, 9.17) is 39.8 Å². The zero-order valence-electron chi connectivity index (χ0n) is 15.7. The first-order valence-electron chi connectivity index (χ1n) is 8.94. The fourth-order valence-electron chi connectivity index (χ4n) is 2.90. The van der Waals surface area contributed by atoms with Crippen LogP contribution < -0.4 is 10.6 Å². The molecular weight excluding hydrogens is 441 g/mol. The molecule has 0 unspecified atom stereocenters. The summed E-state index contributed by atoms with van der Waals surface area (Å²) in [7, 11) is 0. The molecule has 0 atom stereocenters. The Hall–Kier alpha value is -2.93. The summed E-state index contributed by atoms with van der Waals surface area (Å²) >= 11 is 17.2. The van der Waals surface area contributed by atoms with E-state index < -0.39 is 5.91 Å². The average Bonchev–Trinajstić information content (AvgIpc) is 3.11. The molecule has 3 aromatic carbocycles. The van der Waals surface area contributed by atoms with Gasteiger partial charge in [0.15, 0.2) is 10.7 Å². The number of nitrogens with zero attached hydrogens (tertiary/aromatic N) is 1. The van der Waals surface area contributed by atoms with Crippen LogP contribution in [0.25, 0.3) is 22.6 Å². The van der Waals surface area contributed by atoms with Crippen LogP contribution in [0.2, 0.25) is 10.0 Å². The number of amides is 1. The van der Waals surface area contributed by atoms with E-state index in [9.17, 15) is 4.79 Å². The highest BCUT2D eigenvalue weighted by molar-refractivity contribution is 7.80. The van der Waals surface area contributed by atoms with E-state index in [0.717, 1.165) is 22.2 Å². The maximum Gasteiger partial charge on any atom is 0.258 e. The second kappa shape index (κ2) is 8.44. The third-order valence-electron chi connectivity index (χ3n) is 4.31. The Balaban J connectivity index is 1.49. The number of rotatable bonds is 3. The summed E-state index contributed by atoms with van der Waals surface area (Å²) in [4.78, 5) is 16.9. The molecule has 0 spiro atoms. The number of anilines is 1. The minimum atomic E-state index is -0.431. The van der Waals surface area contributed by atoms with Crippen molar-refractivity contribution in [1.82, 2.24) is 10.3 Å². The number of benzene rings is 3. The summed E-state index contributed by atoms with van der Waals surface area (Å²) < 4.78 is 5.85. The Morgan fingerprint density at radius 3 is 2.70 bits per heavy atom. The summed E-state index contributed by atoms with van der Waals surface area (Å²) in [5.41, 5.74) is 4.37. The first kappa shape index (κ1) is 20.3. The molecule has 1 amide bonds. The molecule has 0 fully saturated rings. The molecule has 8 heteroatoms. The van der Waals surface area contributed by atoms with Gasteiger partial charge in [0.1, 0.15) is 5.52 Å². The summed E-state index contributed by atoms with van der Waals surface area (Å²) in [5.74, 6) is 0.0711. The third-order valence-corrected chi connectivity index (χ3v) is 5.07. The molecule has 0 saturated heterocycles. The number of carbonyl (C=O) groups is 1. The van der Waals surface area contributed by atoms with Crippen molar-refractivity contribution in [2.75, 3.05) is 5.32 Å². The Morgan fingerprint density at radius 2 is 1.90 bits per heavy atom. The lowest BCUT2D eigenvalue weighted by atomic mass is 10.2. The van der Waals surface area contributed by atoms with Gasteiger partial charge < -0.3 is 9.73 Å². The van der Waals surface area contributed by atoms with Crippen molar-refractivity contribution in [3.8, 4) is 11.5 Å². The number of aryl methyl sites for hydroxylation is 1. The molecule has 150 valence electrons. The minimum Gasteiger partial charge on any atom is -0.436 e. The fraction of sp³-hybridized carbons (Fsp3) is 0.0455. The van der Waals surface area contributed by atoms with Crippen LogP contribution in [-0.2, 0) is 0 Å². The van der Waals surface area contributed by atoms with Crippen LogP contribution in [0.4, 0.5) is 5.69 Å².